The lowest BCUT2D eigenvalue weighted by Gasteiger charge is -2.36. The van der Waals surface area contributed by atoms with Crippen LogP contribution in [0.15, 0.2) is 18.2 Å². The lowest BCUT2D eigenvalue weighted by Crippen LogP contribution is -2.52. The number of halogens is 2. The summed E-state index contributed by atoms with van der Waals surface area (Å²) in [5.41, 5.74) is 5.86. The molecule has 8 heteroatoms. The van der Waals surface area contributed by atoms with Crippen molar-refractivity contribution in [3.05, 3.63) is 33.8 Å². The van der Waals surface area contributed by atoms with Crippen molar-refractivity contribution in [3.63, 3.8) is 0 Å². The molecule has 3 amide bonds. The average Bonchev–Trinajstić information content (AvgIpc) is 2.48. The second-order valence-electron chi connectivity index (χ2n) is 5.06. The van der Waals surface area contributed by atoms with Crippen LogP contribution < -0.4 is 11.1 Å². The molecule has 1 aliphatic rings. The molecule has 0 spiro atoms. The maximum absolute atomic E-state index is 11.9. The summed E-state index contributed by atoms with van der Waals surface area (Å²) in [7, 11) is 0. The van der Waals surface area contributed by atoms with Crippen LogP contribution in [0.25, 0.3) is 0 Å². The second-order valence-corrected chi connectivity index (χ2v) is 5.87. The van der Waals surface area contributed by atoms with Crippen molar-refractivity contribution in [1.29, 1.82) is 0 Å². The molecule has 1 saturated heterocycles. The van der Waals surface area contributed by atoms with Crippen LogP contribution in [0.3, 0.4) is 0 Å². The Balaban J connectivity index is 2.06. The zero-order valence-electron chi connectivity index (χ0n) is 12.0. The molecule has 0 bridgehead atoms. The number of nitrogens with two attached hydrogens (primary N) is 1. The number of nitrogens with one attached hydrogen (secondary N) is 1. The summed E-state index contributed by atoms with van der Waals surface area (Å²) in [6, 6.07) is 3.97. The Hall–Kier alpha value is -1.34. The first kappa shape index (κ1) is 17.0. The highest BCUT2D eigenvalue weighted by molar-refractivity contribution is 6.42. The van der Waals surface area contributed by atoms with Gasteiger partial charge in [0, 0.05) is 13.1 Å². The molecule has 0 saturated carbocycles. The molecular weight excluding hydrogens is 329 g/mol. The minimum atomic E-state index is -0.855. The molecule has 1 aromatic carbocycles. The minimum Gasteiger partial charge on any atom is -0.371 e. The lowest BCUT2D eigenvalue weighted by atomic mass is 10.1. The van der Waals surface area contributed by atoms with Crippen LogP contribution in [0.1, 0.15) is 18.6 Å². The largest absolute Gasteiger partial charge is 0.371 e. The highest BCUT2D eigenvalue weighted by atomic mass is 35.5. The molecule has 1 fully saturated rings. The Bertz CT molecular complexity index is 582. The normalized spacial score (nSPS) is 20.4. The summed E-state index contributed by atoms with van der Waals surface area (Å²) >= 11 is 11.9. The van der Waals surface area contributed by atoms with Gasteiger partial charge in [0.25, 0.3) is 0 Å². The van der Waals surface area contributed by atoms with Gasteiger partial charge in [-0.1, -0.05) is 29.3 Å². The molecule has 6 nitrogen and oxygen atoms in total. The summed E-state index contributed by atoms with van der Waals surface area (Å²) in [5, 5.41) is 3.03. The van der Waals surface area contributed by atoms with Crippen molar-refractivity contribution in [1.82, 2.24) is 10.2 Å². The van der Waals surface area contributed by atoms with Gasteiger partial charge in [0.1, 0.15) is 0 Å². The fourth-order valence-electron chi connectivity index (χ4n) is 2.33. The van der Waals surface area contributed by atoms with Gasteiger partial charge in [-0.2, -0.15) is 0 Å². The summed E-state index contributed by atoms with van der Waals surface area (Å²) in [6.07, 6.45) is -0.215. The predicted molar refractivity (Wildman–Crippen MR) is 83.9 cm³/mol. The first-order valence-corrected chi connectivity index (χ1v) is 7.55. The number of ether oxygens (including phenoxy) is 1. The number of carbonyl (C=O) groups excluding carboxylic acids is 2. The zero-order valence-corrected chi connectivity index (χ0v) is 13.5. The van der Waals surface area contributed by atoms with Crippen molar-refractivity contribution >= 4 is 35.1 Å². The number of carbonyl (C=O) groups is 2. The number of morpholine rings is 1. The van der Waals surface area contributed by atoms with E-state index in [1.165, 1.54) is 0 Å². The van der Waals surface area contributed by atoms with E-state index in [2.05, 4.69) is 5.32 Å². The minimum absolute atomic E-state index is 0.215. The number of nitrogens with zero attached hydrogens (tertiary/aromatic N) is 1. The van der Waals surface area contributed by atoms with E-state index in [4.69, 9.17) is 33.7 Å². The quantitative estimate of drug-likeness (QED) is 0.876. The third-order valence-corrected chi connectivity index (χ3v) is 4.33. The Morgan fingerprint density at radius 3 is 2.77 bits per heavy atom. The van der Waals surface area contributed by atoms with Crippen molar-refractivity contribution < 1.29 is 14.3 Å². The van der Waals surface area contributed by atoms with Gasteiger partial charge in [0.05, 0.1) is 28.8 Å². The highest BCUT2D eigenvalue weighted by Gasteiger charge is 2.29. The molecule has 3 N–H and O–H groups in total. The number of primary amides is 1. The molecule has 1 aromatic rings. The van der Waals surface area contributed by atoms with Gasteiger partial charge < -0.3 is 10.5 Å². The molecule has 22 heavy (non-hydrogen) atoms. The van der Waals surface area contributed by atoms with Crippen LogP contribution in [0.4, 0.5) is 4.79 Å². The van der Waals surface area contributed by atoms with E-state index < -0.39 is 18.0 Å². The van der Waals surface area contributed by atoms with E-state index in [9.17, 15) is 9.59 Å². The van der Waals surface area contributed by atoms with E-state index in [1.807, 2.05) is 11.0 Å². The SMILES string of the molecule is C[C@@H](C(=O)NC(N)=O)N1CCO[C@H](c2ccc(Cl)c(Cl)c2)C1. The van der Waals surface area contributed by atoms with Crippen molar-refractivity contribution in [2.45, 2.75) is 19.1 Å². The maximum Gasteiger partial charge on any atom is 0.318 e. The van der Waals surface area contributed by atoms with E-state index in [0.717, 1.165) is 5.56 Å². The second kappa shape index (κ2) is 7.28. The van der Waals surface area contributed by atoms with Crippen molar-refractivity contribution in [3.8, 4) is 0 Å². The molecule has 120 valence electrons. The predicted octanol–water partition coefficient (Wildman–Crippen LogP) is 1.95. The molecule has 1 aliphatic heterocycles. The molecule has 0 unspecified atom stereocenters. The summed E-state index contributed by atoms with van der Waals surface area (Å²) in [4.78, 5) is 24.6. The number of amides is 3. The van der Waals surface area contributed by atoms with Crippen molar-refractivity contribution in [2.75, 3.05) is 19.7 Å². The van der Waals surface area contributed by atoms with Crippen LogP contribution in [-0.2, 0) is 9.53 Å². The van der Waals surface area contributed by atoms with Gasteiger partial charge in [-0.15, -0.1) is 0 Å². The molecule has 2 rings (SSSR count). The summed E-state index contributed by atoms with van der Waals surface area (Å²) in [6.45, 7) is 3.28. The number of rotatable bonds is 3. The molecule has 1 heterocycles. The van der Waals surface area contributed by atoms with Crippen LogP contribution >= 0.6 is 23.2 Å². The van der Waals surface area contributed by atoms with E-state index in [0.29, 0.717) is 29.7 Å². The van der Waals surface area contributed by atoms with Gasteiger partial charge in [-0.3, -0.25) is 15.0 Å². The average molecular weight is 346 g/mol. The monoisotopic (exact) mass is 345 g/mol. The molecule has 2 atom stereocenters. The van der Waals surface area contributed by atoms with E-state index >= 15 is 0 Å². The zero-order chi connectivity index (χ0) is 16.3. The third-order valence-electron chi connectivity index (χ3n) is 3.59. The Kier molecular flexibility index (Phi) is 5.63. The Labute approximate surface area is 138 Å². The fraction of sp³-hybridized carbons (Fsp3) is 0.429. The summed E-state index contributed by atoms with van der Waals surface area (Å²) < 4.78 is 5.73. The molecule has 0 radical (unpaired) electrons. The van der Waals surface area contributed by atoms with Crippen LogP contribution in [0.5, 0.6) is 0 Å². The topological polar surface area (TPSA) is 84.7 Å². The molecule has 0 aliphatic carbocycles. The van der Waals surface area contributed by atoms with Gasteiger partial charge >= 0.3 is 6.03 Å². The van der Waals surface area contributed by atoms with E-state index in [-0.39, 0.29) is 6.10 Å². The highest BCUT2D eigenvalue weighted by Crippen LogP contribution is 2.29. The molecule has 0 aromatic heterocycles. The van der Waals surface area contributed by atoms with Gasteiger partial charge in [-0.25, -0.2) is 4.79 Å². The maximum atomic E-state index is 11.9. The smallest absolute Gasteiger partial charge is 0.318 e. The third kappa shape index (κ3) is 4.10. The lowest BCUT2D eigenvalue weighted by molar-refractivity contribution is -0.128. The van der Waals surface area contributed by atoms with E-state index in [1.54, 1.807) is 19.1 Å². The number of imide groups is 1. The van der Waals surface area contributed by atoms with Gasteiger partial charge in [-0.05, 0) is 24.6 Å². The standard InChI is InChI=1S/C14H17Cl2N3O3/c1-8(13(20)18-14(17)21)19-4-5-22-12(7-19)9-2-3-10(15)11(16)6-9/h2-3,6,8,12H,4-5,7H2,1H3,(H3,17,18,20,21)/t8-,12-/m0/s1. The van der Waals surface area contributed by atoms with Gasteiger partial charge in [0.15, 0.2) is 0 Å². The number of hydrogen-bond donors (Lipinski definition) is 2. The van der Waals surface area contributed by atoms with Crippen LogP contribution in [0, 0.1) is 0 Å². The Morgan fingerprint density at radius 2 is 2.14 bits per heavy atom. The molecular formula is C14H17Cl2N3O3. The Morgan fingerprint density at radius 1 is 1.41 bits per heavy atom. The first-order chi connectivity index (χ1) is 10.4. The van der Waals surface area contributed by atoms with Crippen molar-refractivity contribution in [2.24, 2.45) is 5.73 Å². The summed E-state index contributed by atoms with van der Waals surface area (Å²) in [5.74, 6) is -0.428. The number of benzene rings is 1. The number of urea groups is 1. The van der Waals surface area contributed by atoms with Crippen LogP contribution in [-0.4, -0.2) is 42.6 Å². The fourth-order valence-corrected chi connectivity index (χ4v) is 2.63. The van der Waals surface area contributed by atoms with Crippen LogP contribution in [0.2, 0.25) is 10.0 Å². The van der Waals surface area contributed by atoms with Gasteiger partial charge in [0.2, 0.25) is 5.91 Å². The first-order valence-electron chi connectivity index (χ1n) is 6.79. The number of hydrogen-bond acceptors (Lipinski definition) is 4.